The van der Waals surface area contributed by atoms with Gasteiger partial charge in [-0.15, -0.1) is 11.8 Å². The Morgan fingerprint density at radius 1 is 1.00 bits per heavy atom. The summed E-state index contributed by atoms with van der Waals surface area (Å²) in [7, 11) is 0. The van der Waals surface area contributed by atoms with Crippen molar-refractivity contribution in [2.24, 2.45) is 5.10 Å². The van der Waals surface area contributed by atoms with E-state index in [0.717, 1.165) is 44.0 Å². The number of aromatic nitrogens is 3. The number of hydrogen-bond donors (Lipinski definition) is 1. The maximum atomic E-state index is 12.6. The van der Waals surface area contributed by atoms with Gasteiger partial charge in [-0.2, -0.15) is 10.2 Å². The van der Waals surface area contributed by atoms with Gasteiger partial charge in [0, 0.05) is 33.3 Å². The first-order valence-electron chi connectivity index (χ1n) is 11.6. The molecule has 0 saturated heterocycles. The predicted octanol–water partition coefficient (Wildman–Crippen LogP) is 5.95. The lowest BCUT2D eigenvalue weighted by Gasteiger charge is -2.07. The molecule has 0 aliphatic carbocycles. The molecule has 2 heterocycles. The van der Waals surface area contributed by atoms with Crippen LogP contribution in [0, 0.1) is 13.8 Å². The maximum Gasteiger partial charge on any atom is 0.250 e. The van der Waals surface area contributed by atoms with E-state index < -0.39 is 0 Å². The first-order chi connectivity index (χ1) is 17.6. The Morgan fingerprint density at radius 2 is 1.75 bits per heavy atom. The molecule has 0 fully saturated rings. The van der Waals surface area contributed by atoms with E-state index in [1.165, 1.54) is 17.3 Å². The number of carbonyl (C=O) groups excluding carboxylic acids is 1. The number of hydrogen-bond acceptors (Lipinski definition) is 5. The molecule has 0 saturated carbocycles. The molecule has 0 unspecified atom stereocenters. The van der Waals surface area contributed by atoms with Crippen LogP contribution in [0.2, 0.25) is 0 Å². The van der Waals surface area contributed by atoms with E-state index in [2.05, 4.69) is 34.6 Å². The Labute approximate surface area is 214 Å². The number of thioether (sulfide) groups is 1. The average Bonchev–Trinajstić information content (AvgIpc) is 3.32. The number of nitrogens with one attached hydrogen (secondary N) is 1. The SMILES string of the molecule is Cc1ccc(-c2nn(-c3ccccc3)cc2/C=N/NC(=O)CSc2cc(C)nc3ccccc23)cc1. The van der Waals surface area contributed by atoms with Gasteiger partial charge in [0.2, 0.25) is 5.91 Å². The summed E-state index contributed by atoms with van der Waals surface area (Å²) in [6.45, 7) is 4.01. The summed E-state index contributed by atoms with van der Waals surface area (Å²) in [6, 6.07) is 28.1. The summed E-state index contributed by atoms with van der Waals surface area (Å²) >= 11 is 1.48. The largest absolute Gasteiger partial charge is 0.272 e. The molecule has 2 aromatic heterocycles. The highest BCUT2D eigenvalue weighted by molar-refractivity contribution is 8.00. The van der Waals surface area contributed by atoms with Crippen molar-refractivity contribution in [3.8, 4) is 16.9 Å². The van der Waals surface area contributed by atoms with Gasteiger partial charge in [0.05, 0.1) is 23.2 Å². The third-order valence-electron chi connectivity index (χ3n) is 5.65. The molecule has 5 aromatic rings. The normalized spacial score (nSPS) is 11.3. The molecule has 0 aliphatic heterocycles. The topological polar surface area (TPSA) is 72.2 Å². The number of amides is 1. The Morgan fingerprint density at radius 3 is 2.56 bits per heavy atom. The summed E-state index contributed by atoms with van der Waals surface area (Å²) in [5.41, 5.74) is 9.23. The highest BCUT2D eigenvalue weighted by Crippen LogP contribution is 2.27. The van der Waals surface area contributed by atoms with Gasteiger partial charge in [-0.05, 0) is 38.1 Å². The number of benzene rings is 3. The minimum atomic E-state index is -0.179. The van der Waals surface area contributed by atoms with Crippen LogP contribution in [0.15, 0.2) is 101 Å². The molecule has 0 spiro atoms. The molecular weight excluding hydrogens is 466 g/mol. The van der Waals surface area contributed by atoms with E-state index in [9.17, 15) is 4.79 Å². The number of carbonyl (C=O) groups is 1. The number of aryl methyl sites for hydroxylation is 2. The first kappa shape index (κ1) is 23.5. The second-order valence-corrected chi connectivity index (χ2v) is 9.46. The highest BCUT2D eigenvalue weighted by Gasteiger charge is 2.12. The number of fused-ring (bicyclic) bond motifs is 1. The fourth-order valence-electron chi connectivity index (χ4n) is 3.87. The molecule has 178 valence electrons. The summed E-state index contributed by atoms with van der Waals surface area (Å²) in [5.74, 6) is 0.0703. The van der Waals surface area contributed by atoms with Crippen LogP contribution in [-0.2, 0) is 4.79 Å². The van der Waals surface area contributed by atoms with Crippen LogP contribution < -0.4 is 5.43 Å². The highest BCUT2D eigenvalue weighted by atomic mass is 32.2. The Balaban J connectivity index is 1.32. The molecule has 7 heteroatoms. The number of rotatable bonds is 7. The zero-order chi connectivity index (χ0) is 24.9. The summed E-state index contributed by atoms with van der Waals surface area (Å²) in [4.78, 5) is 18.2. The molecule has 0 bridgehead atoms. The van der Waals surface area contributed by atoms with Crippen LogP contribution in [0.25, 0.3) is 27.8 Å². The minimum absolute atomic E-state index is 0.179. The van der Waals surface area contributed by atoms with Crippen LogP contribution in [0.3, 0.4) is 0 Å². The molecule has 0 radical (unpaired) electrons. The minimum Gasteiger partial charge on any atom is -0.272 e. The molecule has 1 N–H and O–H groups in total. The van der Waals surface area contributed by atoms with Gasteiger partial charge < -0.3 is 0 Å². The van der Waals surface area contributed by atoms with Gasteiger partial charge in [0.1, 0.15) is 5.69 Å². The standard InChI is InChI=1S/C29H25N5OS/c1-20-12-14-22(15-13-20)29-23(18-34(33-29)24-8-4-3-5-9-24)17-30-32-28(35)19-36-27-16-21(2)31-26-11-7-6-10-25(26)27/h3-18H,19H2,1-2H3,(H,32,35)/b30-17+. The second-order valence-electron chi connectivity index (χ2n) is 8.44. The van der Waals surface area contributed by atoms with Crippen molar-refractivity contribution in [3.05, 3.63) is 108 Å². The third kappa shape index (κ3) is 5.37. The van der Waals surface area contributed by atoms with E-state index in [1.54, 1.807) is 6.21 Å². The van der Waals surface area contributed by atoms with Gasteiger partial charge in [-0.1, -0.05) is 66.2 Å². The van der Waals surface area contributed by atoms with E-state index in [1.807, 2.05) is 90.6 Å². The fourth-order valence-corrected chi connectivity index (χ4v) is 4.80. The van der Waals surface area contributed by atoms with Gasteiger partial charge >= 0.3 is 0 Å². The fraction of sp³-hybridized carbons (Fsp3) is 0.103. The predicted molar refractivity (Wildman–Crippen MR) is 147 cm³/mol. The molecule has 6 nitrogen and oxygen atoms in total. The molecule has 0 aliphatic rings. The Kier molecular flexibility index (Phi) is 6.91. The lowest BCUT2D eigenvalue weighted by Crippen LogP contribution is -2.19. The first-order valence-corrected chi connectivity index (χ1v) is 12.6. The van der Waals surface area contributed by atoms with Crippen LogP contribution in [0.5, 0.6) is 0 Å². The van der Waals surface area contributed by atoms with Crippen LogP contribution >= 0.6 is 11.8 Å². The van der Waals surface area contributed by atoms with Gasteiger partial charge in [-0.25, -0.2) is 10.1 Å². The number of para-hydroxylation sites is 2. The van der Waals surface area contributed by atoms with Crippen molar-refractivity contribution in [1.82, 2.24) is 20.2 Å². The lowest BCUT2D eigenvalue weighted by molar-refractivity contribution is -0.118. The quantitative estimate of drug-likeness (QED) is 0.174. The van der Waals surface area contributed by atoms with Crippen LogP contribution in [0.1, 0.15) is 16.8 Å². The molecule has 0 atom stereocenters. The van der Waals surface area contributed by atoms with Gasteiger partial charge in [0.25, 0.3) is 0 Å². The number of pyridine rings is 1. The average molecular weight is 492 g/mol. The third-order valence-corrected chi connectivity index (χ3v) is 6.70. The van der Waals surface area contributed by atoms with Crippen molar-refractivity contribution >= 4 is 34.8 Å². The van der Waals surface area contributed by atoms with Crippen LogP contribution in [-0.4, -0.2) is 32.6 Å². The van der Waals surface area contributed by atoms with Crippen molar-refractivity contribution in [2.45, 2.75) is 18.7 Å². The van der Waals surface area contributed by atoms with E-state index >= 15 is 0 Å². The van der Waals surface area contributed by atoms with Gasteiger partial charge in [0.15, 0.2) is 0 Å². The van der Waals surface area contributed by atoms with Crippen molar-refractivity contribution in [2.75, 3.05) is 5.75 Å². The smallest absolute Gasteiger partial charge is 0.250 e. The molecule has 3 aromatic carbocycles. The van der Waals surface area contributed by atoms with Crippen molar-refractivity contribution < 1.29 is 4.79 Å². The molecule has 5 rings (SSSR count). The second kappa shape index (κ2) is 10.6. The lowest BCUT2D eigenvalue weighted by atomic mass is 10.1. The summed E-state index contributed by atoms with van der Waals surface area (Å²) in [5, 5.41) is 10.1. The van der Waals surface area contributed by atoms with Crippen LogP contribution in [0.4, 0.5) is 0 Å². The number of nitrogens with zero attached hydrogens (tertiary/aromatic N) is 4. The van der Waals surface area contributed by atoms with E-state index in [4.69, 9.17) is 5.10 Å². The Bertz CT molecular complexity index is 1540. The molecule has 1 amide bonds. The van der Waals surface area contributed by atoms with Crippen molar-refractivity contribution in [1.29, 1.82) is 0 Å². The summed E-state index contributed by atoms with van der Waals surface area (Å²) < 4.78 is 1.82. The zero-order valence-electron chi connectivity index (χ0n) is 20.1. The van der Waals surface area contributed by atoms with E-state index in [0.29, 0.717) is 0 Å². The zero-order valence-corrected chi connectivity index (χ0v) is 20.9. The molecule has 36 heavy (non-hydrogen) atoms. The maximum absolute atomic E-state index is 12.6. The monoisotopic (exact) mass is 491 g/mol. The molecular formula is C29H25N5OS. The van der Waals surface area contributed by atoms with E-state index in [-0.39, 0.29) is 11.7 Å². The van der Waals surface area contributed by atoms with Gasteiger partial charge in [-0.3, -0.25) is 9.78 Å². The Hall–Kier alpha value is -4.23. The van der Waals surface area contributed by atoms with Crippen molar-refractivity contribution in [3.63, 3.8) is 0 Å². The number of hydrazone groups is 1. The summed E-state index contributed by atoms with van der Waals surface area (Å²) in [6.07, 6.45) is 3.57.